The van der Waals surface area contributed by atoms with E-state index in [1.807, 2.05) is 19.2 Å². The largest absolute Gasteiger partial charge is 0.416 e. The Hall–Kier alpha value is -3.50. The lowest BCUT2D eigenvalue weighted by molar-refractivity contribution is -0.137. The van der Waals surface area contributed by atoms with E-state index in [4.69, 9.17) is 0 Å². The molecule has 2 aliphatic rings. The normalized spacial score (nSPS) is 16.7. The molecule has 0 atom stereocenters. The van der Waals surface area contributed by atoms with Crippen LogP contribution in [0.5, 0.6) is 0 Å². The number of hydrogen-bond acceptors (Lipinski definition) is 6. The first-order valence-electron chi connectivity index (χ1n) is 11.9. The van der Waals surface area contributed by atoms with Crippen LogP contribution in [-0.2, 0) is 19.1 Å². The topological polar surface area (TPSA) is 64.6 Å². The Kier molecular flexibility index (Phi) is 6.63. The van der Waals surface area contributed by atoms with E-state index < -0.39 is 17.6 Å². The van der Waals surface area contributed by atoms with Gasteiger partial charge in [-0.25, -0.2) is 9.97 Å². The molecular formula is C26H27F3N6O. The molecule has 3 aromatic rings. The van der Waals surface area contributed by atoms with Crippen molar-refractivity contribution in [3.63, 3.8) is 0 Å². The Morgan fingerprint density at radius 3 is 2.47 bits per heavy atom. The maximum Gasteiger partial charge on any atom is 0.416 e. The van der Waals surface area contributed by atoms with Crippen molar-refractivity contribution in [2.75, 3.05) is 50.0 Å². The number of amides is 1. The predicted octanol–water partition coefficient (Wildman–Crippen LogP) is 4.19. The van der Waals surface area contributed by atoms with E-state index in [1.54, 1.807) is 24.5 Å². The summed E-state index contributed by atoms with van der Waals surface area (Å²) in [4.78, 5) is 27.6. The number of halogens is 3. The summed E-state index contributed by atoms with van der Waals surface area (Å²) in [6, 6.07) is 9.17. The standard InChI is InChI=1S/C26H27F3N6O/c1-33-6-8-34(9-7-33)16-18-10-20(12-21(11-18)26(27,28)29)25(36)32-22-3-2-19-4-5-35(24(19)13-22)23-14-30-17-31-15-23/h2-3,10-15,17H,4-9,16H2,1H3,(H,32,36). The molecule has 0 saturated carbocycles. The van der Waals surface area contributed by atoms with Gasteiger partial charge in [-0.2, -0.15) is 13.2 Å². The zero-order valence-electron chi connectivity index (χ0n) is 19.9. The molecule has 0 unspecified atom stereocenters. The van der Waals surface area contributed by atoms with Gasteiger partial charge in [0, 0.05) is 56.2 Å². The first-order valence-corrected chi connectivity index (χ1v) is 11.9. The lowest BCUT2D eigenvalue weighted by Crippen LogP contribution is -2.43. The van der Waals surface area contributed by atoms with Gasteiger partial charge in [-0.3, -0.25) is 9.69 Å². The molecule has 3 heterocycles. The van der Waals surface area contributed by atoms with E-state index in [1.165, 1.54) is 6.33 Å². The Labute approximate surface area is 207 Å². The lowest BCUT2D eigenvalue weighted by atomic mass is 10.0. The van der Waals surface area contributed by atoms with Crippen LogP contribution in [0.4, 0.5) is 30.2 Å². The molecule has 0 aliphatic carbocycles. The third kappa shape index (κ3) is 5.34. The van der Waals surface area contributed by atoms with E-state index in [0.29, 0.717) is 17.8 Å². The van der Waals surface area contributed by atoms with Gasteiger partial charge in [0.05, 0.1) is 23.6 Å². The zero-order chi connectivity index (χ0) is 25.3. The van der Waals surface area contributed by atoms with Crippen molar-refractivity contribution in [2.24, 2.45) is 0 Å². The maximum absolute atomic E-state index is 13.7. The monoisotopic (exact) mass is 496 g/mol. The summed E-state index contributed by atoms with van der Waals surface area (Å²) in [6.07, 6.45) is 1.20. The number of benzene rings is 2. The highest BCUT2D eigenvalue weighted by Gasteiger charge is 2.32. The summed E-state index contributed by atoms with van der Waals surface area (Å²) in [6.45, 7) is 4.38. The molecule has 0 bridgehead atoms. The molecular weight excluding hydrogens is 469 g/mol. The first-order chi connectivity index (χ1) is 17.3. The second-order valence-electron chi connectivity index (χ2n) is 9.29. The van der Waals surface area contributed by atoms with Gasteiger partial charge in [0.15, 0.2) is 0 Å². The van der Waals surface area contributed by atoms with Crippen LogP contribution in [0.2, 0.25) is 0 Å². The molecule has 10 heteroatoms. The van der Waals surface area contributed by atoms with Crippen molar-refractivity contribution in [3.8, 4) is 0 Å². The smallest absolute Gasteiger partial charge is 0.338 e. The number of rotatable bonds is 5. The fourth-order valence-electron chi connectivity index (χ4n) is 4.70. The molecule has 1 fully saturated rings. The van der Waals surface area contributed by atoms with Crippen LogP contribution in [0.15, 0.2) is 55.1 Å². The van der Waals surface area contributed by atoms with Crippen molar-refractivity contribution in [1.29, 1.82) is 0 Å². The summed E-state index contributed by atoms with van der Waals surface area (Å²) in [5.74, 6) is -0.576. The highest BCUT2D eigenvalue weighted by Crippen LogP contribution is 2.36. The number of fused-ring (bicyclic) bond motifs is 1. The highest BCUT2D eigenvalue weighted by atomic mass is 19.4. The van der Waals surface area contributed by atoms with E-state index in [9.17, 15) is 18.0 Å². The molecule has 1 aromatic heterocycles. The highest BCUT2D eigenvalue weighted by molar-refractivity contribution is 6.05. The van der Waals surface area contributed by atoms with Crippen molar-refractivity contribution in [3.05, 3.63) is 77.4 Å². The molecule has 2 aliphatic heterocycles. The van der Waals surface area contributed by atoms with Crippen LogP contribution in [0.3, 0.4) is 0 Å². The van der Waals surface area contributed by atoms with Gasteiger partial charge in [0.1, 0.15) is 6.33 Å². The van der Waals surface area contributed by atoms with Gasteiger partial charge in [-0.15, -0.1) is 0 Å². The quantitative estimate of drug-likeness (QED) is 0.572. The summed E-state index contributed by atoms with van der Waals surface area (Å²) in [7, 11) is 2.02. The minimum Gasteiger partial charge on any atom is -0.338 e. The van der Waals surface area contributed by atoms with Crippen molar-refractivity contribution >= 4 is 23.0 Å². The fourth-order valence-corrected chi connectivity index (χ4v) is 4.70. The van der Waals surface area contributed by atoms with Gasteiger partial charge in [0.2, 0.25) is 0 Å². The molecule has 0 radical (unpaired) electrons. The average Bonchev–Trinajstić information content (AvgIpc) is 3.28. The average molecular weight is 497 g/mol. The number of likely N-dealkylation sites (N-methyl/N-ethyl adjacent to an activating group) is 1. The Morgan fingerprint density at radius 1 is 1.00 bits per heavy atom. The van der Waals surface area contributed by atoms with E-state index in [-0.39, 0.29) is 5.56 Å². The molecule has 7 nitrogen and oxygen atoms in total. The maximum atomic E-state index is 13.7. The van der Waals surface area contributed by atoms with Gasteiger partial charge in [0.25, 0.3) is 5.91 Å². The number of carbonyl (C=O) groups is 1. The molecule has 2 aromatic carbocycles. The van der Waals surface area contributed by atoms with Gasteiger partial charge >= 0.3 is 6.18 Å². The Balaban J connectivity index is 1.38. The number of nitrogens with zero attached hydrogens (tertiary/aromatic N) is 5. The summed E-state index contributed by atoms with van der Waals surface area (Å²) in [5.41, 5.74) is 3.04. The van der Waals surface area contributed by atoms with Crippen LogP contribution in [0, 0.1) is 0 Å². The van der Waals surface area contributed by atoms with Crippen LogP contribution >= 0.6 is 0 Å². The minimum atomic E-state index is -4.54. The Morgan fingerprint density at radius 2 is 1.75 bits per heavy atom. The van der Waals surface area contributed by atoms with Crippen LogP contribution in [-0.4, -0.2) is 65.4 Å². The first kappa shape index (κ1) is 24.2. The number of hydrogen-bond donors (Lipinski definition) is 1. The SMILES string of the molecule is CN1CCN(Cc2cc(C(=O)Nc3ccc4c(c3)N(c3cncnc3)CC4)cc(C(F)(F)F)c2)CC1. The second-order valence-corrected chi connectivity index (χ2v) is 9.29. The van der Waals surface area contributed by atoms with Gasteiger partial charge < -0.3 is 15.1 Å². The van der Waals surface area contributed by atoms with Crippen molar-refractivity contribution < 1.29 is 18.0 Å². The summed E-state index contributed by atoms with van der Waals surface area (Å²) < 4.78 is 41.0. The fraction of sp³-hybridized carbons (Fsp3) is 0.346. The van der Waals surface area contributed by atoms with Gasteiger partial charge in [-0.1, -0.05) is 6.07 Å². The van der Waals surface area contributed by atoms with E-state index in [0.717, 1.165) is 68.2 Å². The van der Waals surface area contributed by atoms with E-state index >= 15 is 0 Å². The minimum absolute atomic E-state index is 0.0113. The number of aromatic nitrogens is 2. The Bertz CT molecular complexity index is 1240. The number of piperazine rings is 1. The molecule has 1 saturated heterocycles. The zero-order valence-corrected chi connectivity index (χ0v) is 19.9. The van der Waals surface area contributed by atoms with E-state index in [2.05, 4.69) is 30.0 Å². The number of anilines is 3. The molecule has 0 spiro atoms. The number of nitrogens with one attached hydrogen (secondary N) is 1. The molecule has 188 valence electrons. The van der Waals surface area contributed by atoms with Crippen molar-refractivity contribution in [1.82, 2.24) is 19.8 Å². The van der Waals surface area contributed by atoms with Crippen LogP contribution < -0.4 is 10.2 Å². The second kappa shape index (κ2) is 9.87. The third-order valence-electron chi connectivity index (χ3n) is 6.68. The summed E-state index contributed by atoms with van der Waals surface area (Å²) in [5, 5.41) is 2.79. The molecule has 36 heavy (non-hydrogen) atoms. The molecule has 1 N–H and O–H groups in total. The van der Waals surface area contributed by atoms with Crippen LogP contribution in [0.1, 0.15) is 27.0 Å². The third-order valence-corrected chi connectivity index (χ3v) is 6.68. The van der Waals surface area contributed by atoms with Gasteiger partial charge in [-0.05, 0) is 54.9 Å². The summed E-state index contributed by atoms with van der Waals surface area (Å²) >= 11 is 0. The number of alkyl halides is 3. The van der Waals surface area contributed by atoms with Crippen LogP contribution in [0.25, 0.3) is 0 Å². The molecule has 1 amide bonds. The lowest BCUT2D eigenvalue weighted by Gasteiger charge is -2.32. The predicted molar refractivity (Wildman–Crippen MR) is 131 cm³/mol. The number of carbonyl (C=O) groups excluding carboxylic acids is 1. The van der Waals surface area contributed by atoms with Crippen molar-refractivity contribution in [2.45, 2.75) is 19.1 Å². The molecule has 5 rings (SSSR count).